The largest absolute Gasteiger partial charge is 0.444 e. The summed E-state index contributed by atoms with van der Waals surface area (Å²) >= 11 is 5.74. The molecular formula is C14H19ClN2O4. The van der Waals surface area contributed by atoms with Crippen LogP contribution in [0.5, 0.6) is 0 Å². The van der Waals surface area contributed by atoms with E-state index in [0.29, 0.717) is 10.7 Å². The lowest BCUT2D eigenvalue weighted by Gasteiger charge is -2.22. The maximum atomic E-state index is 12.0. The van der Waals surface area contributed by atoms with E-state index in [0.717, 1.165) is 0 Å². The molecule has 3 N–H and O–H groups in total. The van der Waals surface area contributed by atoms with E-state index in [9.17, 15) is 14.7 Å². The van der Waals surface area contributed by atoms with E-state index < -0.39 is 30.3 Å². The average Bonchev–Trinajstić information content (AvgIpc) is 2.36. The highest BCUT2D eigenvalue weighted by molar-refractivity contribution is 6.30. The predicted octanol–water partition coefficient (Wildman–Crippen LogP) is 2.16. The Bertz CT molecular complexity index is 497. The molecule has 2 amide bonds. The van der Waals surface area contributed by atoms with Gasteiger partial charge in [0.15, 0.2) is 0 Å². The van der Waals surface area contributed by atoms with Crippen LogP contribution in [-0.2, 0) is 9.53 Å². The standard InChI is InChI=1S/C14H19ClN2O4/c1-14(2,3)21-13(20)17-11(8-18)12(19)16-10-6-4-9(15)5-7-10/h4-7,11,18H,8H2,1-3H3,(H,16,19)(H,17,20)/t11-/m0/s1. The molecule has 0 aromatic heterocycles. The summed E-state index contributed by atoms with van der Waals surface area (Å²) in [6, 6.07) is 5.36. The summed E-state index contributed by atoms with van der Waals surface area (Å²) < 4.78 is 5.03. The Morgan fingerprint density at radius 1 is 1.29 bits per heavy atom. The van der Waals surface area contributed by atoms with Crippen LogP contribution in [0.25, 0.3) is 0 Å². The van der Waals surface area contributed by atoms with Crippen LogP contribution < -0.4 is 10.6 Å². The first kappa shape index (κ1) is 17.3. The van der Waals surface area contributed by atoms with Crippen molar-refractivity contribution in [2.45, 2.75) is 32.4 Å². The molecule has 0 heterocycles. The molecule has 1 aromatic rings. The van der Waals surface area contributed by atoms with E-state index in [2.05, 4.69) is 10.6 Å². The van der Waals surface area contributed by atoms with Crippen molar-refractivity contribution in [3.8, 4) is 0 Å². The van der Waals surface area contributed by atoms with E-state index in [-0.39, 0.29) is 0 Å². The van der Waals surface area contributed by atoms with E-state index >= 15 is 0 Å². The maximum absolute atomic E-state index is 12.0. The molecule has 0 aliphatic rings. The van der Waals surface area contributed by atoms with E-state index in [1.807, 2.05) is 0 Å². The van der Waals surface area contributed by atoms with E-state index in [4.69, 9.17) is 16.3 Å². The number of amides is 2. The summed E-state index contributed by atoms with van der Waals surface area (Å²) in [5.41, 5.74) is -0.176. The molecule has 0 saturated carbocycles. The molecule has 1 rings (SSSR count). The molecule has 6 nitrogen and oxygen atoms in total. The number of benzene rings is 1. The third-order valence-corrected chi connectivity index (χ3v) is 2.55. The highest BCUT2D eigenvalue weighted by Gasteiger charge is 2.23. The van der Waals surface area contributed by atoms with E-state index in [1.165, 1.54) is 0 Å². The zero-order valence-corrected chi connectivity index (χ0v) is 12.9. The van der Waals surface area contributed by atoms with Crippen LogP contribution in [0.1, 0.15) is 20.8 Å². The van der Waals surface area contributed by atoms with Gasteiger partial charge in [0, 0.05) is 10.7 Å². The fourth-order valence-electron chi connectivity index (χ4n) is 1.41. The van der Waals surface area contributed by atoms with Gasteiger partial charge in [0.05, 0.1) is 6.61 Å². The molecule has 0 fully saturated rings. The second-order valence-electron chi connectivity index (χ2n) is 5.38. The Morgan fingerprint density at radius 3 is 2.33 bits per heavy atom. The van der Waals surface area contributed by atoms with Gasteiger partial charge in [-0.2, -0.15) is 0 Å². The fourth-order valence-corrected chi connectivity index (χ4v) is 1.53. The number of aliphatic hydroxyl groups is 1. The number of anilines is 1. The van der Waals surface area contributed by atoms with Crippen LogP contribution in [0.3, 0.4) is 0 Å². The number of aliphatic hydroxyl groups excluding tert-OH is 1. The minimum Gasteiger partial charge on any atom is -0.444 e. The number of alkyl carbamates (subject to hydrolysis) is 1. The Hall–Kier alpha value is -1.79. The topological polar surface area (TPSA) is 87.7 Å². The Balaban J connectivity index is 2.61. The van der Waals surface area contributed by atoms with Gasteiger partial charge in [-0.3, -0.25) is 4.79 Å². The van der Waals surface area contributed by atoms with Crippen molar-refractivity contribution in [3.05, 3.63) is 29.3 Å². The smallest absolute Gasteiger partial charge is 0.408 e. The highest BCUT2D eigenvalue weighted by Crippen LogP contribution is 2.13. The molecule has 0 saturated heterocycles. The zero-order valence-electron chi connectivity index (χ0n) is 12.1. The van der Waals surface area contributed by atoms with Crippen molar-refractivity contribution in [1.82, 2.24) is 5.32 Å². The van der Waals surface area contributed by atoms with Crippen molar-refractivity contribution < 1.29 is 19.4 Å². The summed E-state index contributed by atoms with van der Waals surface area (Å²) in [6.07, 6.45) is -0.771. The number of hydrogen-bond acceptors (Lipinski definition) is 4. The average molecular weight is 315 g/mol. The van der Waals surface area contributed by atoms with Crippen LogP contribution in [0.15, 0.2) is 24.3 Å². The maximum Gasteiger partial charge on any atom is 0.408 e. The van der Waals surface area contributed by atoms with Crippen LogP contribution in [0.4, 0.5) is 10.5 Å². The van der Waals surface area contributed by atoms with Gasteiger partial charge in [-0.1, -0.05) is 11.6 Å². The number of halogens is 1. The Labute approximate surface area is 128 Å². The van der Waals surface area contributed by atoms with Crippen LogP contribution >= 0.6 is 11.6 Å². The van der Waals surface area contributed by atoms with Crippen molar-refractivity contribution in [3.63, 3.8) is 0 Å². The molecule has 0 radical (unpaired) electrons. The summed E-state index contributed by atoms with van der Waals surface area (Å²) in [7, 11) is 0. The molecule has 0 aliphatic heterocycles. The fraction of sp³-hybridized carbons (Fsp3) is 0.429. The lowest BCUT2D eigenvalue weighted by molar-refractivity contribution is -0.119. The molecular weight excluding hydrogens is 296 g/mol. The summed E-state index contributed by atoms with van der Waals surface area (Å²) in [5.74, 6) is -0.550. The molecule has 0 unspecified atom stereocenters. The molecule has 0 aliphatic carbocycles. The summed E-state index contributed by atoms with van der Waals surface area (Å²) in [5, 5.41) is 14.6. The van der Waals surface area contributed by atoms with Crippen LogP contribution in [0, 0.1) is 0 Å². The summed E-state index contributed by atoms with van der Waals surface area (Å²) in [6.45, 7) is 4.57. The second kappa shape index (κ2) is 7.28. The first-order valence-electron chi connectivity index (χ1n) is 6.38. The number of carbonyl (C=O) groups is 2. The number of rotatable bonds is 4. The number of nitrogens with one attached hydrogen (secondary N) is 2. The summed E-state index contributed by atoms with van der Waals surface area (Å²) in [4.78, 5) is 23.5. The van der Waals surface area contributed by atoms with Gasteiger partial charge in [-0.25, -0.2) is 4.79 Å². The quantitative estimate of drug-likeness (QED) is 0.794. The molecule has 7 heteroatoms. The molecule has 0 spiro atoms. The van der Waals surface area contributed by atoms with Gasteiger partial charge in [0.25, 0.3) is 0 Å². The van der Waals surface area contributed by atoms with Crippen LogP contribution in [0.2, 0.25) is 5.02 Å². The second-order valence-corrected chi connectivity index (χ2v) is 5.81. The minimum atomic E-state index is -1.10. The third kappa shape index (κ3) is 6.46. The molecule has 116 valence electrons. The van der Waals surface area contributed by atoms with Gasteiger partial charge in [-0.05, 0) is 45.0 Å². The van der Waals surface area contributed by atoms with Crippen molar-refractivity contribution in [2.24, 2.45) is 0 Å². The molecule has 1 aromatic carbocycles. The van der Waals surface area contributed by atoms with Crippen LogP contribution in [-0.4, -0.2) is 35.4 Å². The Kier molecular flexibility index (Phi) is 5.99. The van der Waals surface area contributed by atoms with E-state index in [1.54, 1.807) is 45.0 Å². The number of carbonyl (C=O) groups excluding carboxylic acids is 2. The predicted molar refractivity (Wildman–Crippen MR) is 80.3 cm³/mol. The molecule has 1 atom stereocenters. The highest BCUT2D eigenvalue weighted by atomic mass is 35.5. The van der Waals surface area contributed by atoms with Crippen molar-refractivity contribution in [1.29, 1.82) is 0 Å². The SMILES string of the molecule is CC(C)(C)OC(=O)N[C@@H](CO)C(=O)Nc1ccc(Cl)cc1. The van der Waals surface area contributed by atoms with Crippen molar-refractivity contribution >= 4 is 29.3 Å². The van der Waals surface area contributed by atoms with Crippen molar-refractivity contribution in [2.75, 3.05) is 11.9 Å². The lowest BCUT2D eigenvalue weighted by Crippen LogP contribution is -2.47. The zero-order chi connectivity index (χ0) is 16.0. The monoisotopic (exact) mass is 314 g/mol. The van der Waals surface area contributed by atoms with Gasteiger partial charge in [-0.15, -0.1) is 0 Å². The molecule has 21 heavy (non-hydrogen) atoms. The Morgan fingerprint density at radius 2 is 1.86 bits per heavy atom. The normalized spacial score (nSPS) is 12.4. The molecule has 0 bridgehead atoms. The number of ether oxygens (including phenoxy) is 1. The third-order valence-electron chi connectivity index (χ3n) is 2.30. The van der Waals surface area contributed by atoms with Gasteiger partial charge in [0.2, 0.25) is 5.91 Å². The van der Waals surface area contributed by atoms with Gasteiger partial charge < -0.3 is 20.5 Å². The minimum absolute atomic E-state index is 0.508. The first-order valence-corrected chi connectivity index (χ1v) is 6.76. The van der Waals surface area contributed by atoms with Gasteiger partial charge >= 0.3 is 6.09 Å². The van der Waals surface area contributed by atoms with Gasteiger partial charge in [0.1, 0.15) is 11.6 Å². The lowest BCUT2D eigenvalue weighted by atomic mass is 10.2. The number of hydrogen-bond donors (Lipinski definition) is 3. The first-order chi connectivity index (χ1) is 9.71.